The number of likely N-dealkylation sites (tertiary alicyclic amines) is 1. The summed E-state index contributed by atoms with van der Waals surface area (Å²) < 4.78 is 22.3. The van der Waals surface area contributed by atoms with Gasteiger partial charge in [0.2, 0.25) is 0 Å². The van der Waals surface area contributed by atoms with Gasteiger partial charge in [-0.25, -0.2) is 8.42 Å². The lowest BCUT2D eigenvalue weighted by Crippen LogP contribution is -2.28. The van der Waals surface area contributed by atoms with E-state index in [2.05, 4.69) is 6.92 Å². The molecule has 1 aromatic rings. The molecule has 0 aromatic carbocycles. The molecule has 0 radical (unpaired) electrons. The van der Waals surface area contributed by atoms with Crippen molar-refractivity contribution in [2.75, 3.05) is 13.1 Å². The maximum Gasteiger partial charge on any atom is 0.270 e. The highest BCUT2D eigenvalue weighted by Gasteiger charge is 2.27. The fourth-order valence-electron chi connectivity index (χ4n) is 2.09. The van der Waals surface area contributed by atoms with Crippen LogP contribution in [0.4, 0.5) is 0 Å². The number of amides is 1. The number of nitrogens with zero attached hydrogens (tertiary/aromatic N) is 1. The molecule has 1 aliphatic rings. The van der Waals surface area contributed by atoms with E-state index in [0.29, 0.717) is 11.5 Å². The number of carbonyl (C=O) groups excluding carboxylic acids is 1. The van der Waals surface area contributed by atoms with Gasteiger partial charge in [0.25, 0.3) is 15.0 Å². The van der Waals surface area contributed by atoms with Gasteiger partial charge in [-0.05, 0) is 18.4 Å². The molecule has 1 amide bonds. The standard InChI is InChI=1S/C11H14ClNO3S2/c1-2-8-3-4-13(6-8)11(14)9-5-10(17-7-9)18(12,15)16/h5,7-8H,2-4,6H2,1H3. The van der Waals surface area contributed by atoms with Gasteiger partial charge in [-0.1, -0.05) is 13.3 Å². The highest BCUT2D eigenvalue weighted by Crippen LogP contribution is 2.26. The van der Waals surface area contributed by atoms with Crippen LogP contribution in [0.3, 0.4) is 0 Å². The molecule has 0 N–H and O–H groups in total. The van der Waals surface area contributed by atoms with Gasteiger partial charge in [0.15, 0.2) is 0 Å². The van der Waals surface area contributed by atoms with Gasteiger partial charge < -0.3 is 4.90 Å². The van der Waals surface area contributed by atoms with Crippen molar-refractivity contribution in [3.63, 3.8) is 0 Å². The Balaban J connectivity index is 2.13. The molecule has 1 saturated heterocycles. The Morgan fingerprint density at radius 3 is 2.83 bits per heavy atom. The third-order valence-corrected chi connectivity index (χ3v) is 6.25. The van der Waals surface area contributed by atoms with Crippen molar-refractivity contribution in [3.05, 3.63) is 17.0 Å². The van der Waals surface area contributed by atoms with E-state index in [1.165, 1.54) is 6.07 Å². The van der Waals surface area contributed by atoms with Crippen LogP contribution in [-0.4, -0.2) is 32.3 Å². The molecule has 1 aliphatic heterocycles. The molecule has 0 spiro atoms. The maximum atomic E-state index is 12.1. The van der Waals surface area contributed by atoms with Gasteiger partial charge in [-0.15, -0.1) is 11.3 Å². The van der Waals surface area contributed by atoms with Crippen LogP contribution in [0.15, 0.2) is 15.7 Å². The SMILES string of the molecule is CCC1CCN(C(=O)c2csc(S(=O)(=O)Cl)c2)C1. The Morgan fingerprint density at radius 2 is 2.33 bits per heavy atom. The van der Waals surface area contributed by atoms with Crippen molar-refractivity contribution in [1.29, 1.82) is 0 Å². The third kappa shape index (κ3) is 2.87. The Bertz CT molecular complexity index is 552. The Labute approximate surface area is 115 Å². The molecule has 4 nitrogen and oxygen atoms in total. The van der Waals surface area contributed by atoms with Crippen LogP contribution in [0.2, 0.25) is 0 Å². The largest absolute Gasteiger partial charge is 0.338 e. The number of rotatable bonds is 3. The number of halogens is 1. The first-order valence-corrected chi connectivity index (χ1v) is 8.93. The first kappa shape index (κ1) is 13.8. The van der Waals surface area contributed by atoms with Crippen LogP contribution in [0, 0.1) is 5.92 Å². The summed E-state index contributed by atoms with van der Waals surface area (Å²) in [5.41, 5.74) is 0.413. The Morgan fingerprint density at radius 1 is 1.61 bits per heavy atom. The highest BCUT2D eigenvalue weighted by molar-refractivity contribution is 8.15. The van der Waals surface area contributed by atoms with Crippen LogP contribution >= 0.6 is 22.0 Å². The molecule has 1 fully saturated rings. The average molecular weight is 308 g/mol. The van der Waals surface area contributed by atoms with Gasteiger partial charge in [0.05, 0.1) is 5.56 Å². The summed E-state index contributed by atoms with van der Waals surface area (Å²) in [4.78, 5) is 13.9. The van der Waals surface area contributed by atoms with E-state index in [0.717, 1.165) is 37.3 Å². The molecule has 2 heterocycles. The van der Waals surface area contributed by atoms with Crippen molar-refractivity contribution in [1.82, 2.24) is 4.90 Å². The highest BCUT2D eigenvalue weighted by atomic mass is 35.7. The average Bonchev–Trinajstić information content (AvgIpc) is 2.96. The molecular weight excluding hydrogens is 294 g/mol. The first-order valence-electron chi connectivity index (χ1n) is 5.74. The van der Waals surface area contributed by atoms with Crippen molar-refractivity contribution in [3.8, 4) is 0 Å². The van der Waals surface area contributed by atoms with Gasteiger partial charge in [-0.2, -0.15) is 0 Å². The number of hydrogen-bond acceptors (Lipinski definition) is 4. The summed E-state index contributed by atoms with van der Waals surface area (Å²) in [5.74, 6) is 0.456. The normalized spacial score (nSPS) is 20.3. The minimum absolute atomic E-state index is 0.0266. The lowest BCUT2D eigenvalue weighted by atomic mass is 10.1. The molecule has 18 heavy (non-hydrogen) atoms. The van der Waals surface area contributed by atoms with Gasteiger partial charge in [-0.3, -0.25) is 4.79 Å². The lowest BCUT2D eigenvalue weighted by molar-refractivity contribution is 0.0787. The smallest absolute Gasteiger partial charge is 0.270 e. The summed E-state index contributed by atoms with van der Waals surface area (Å²) in [6.07, 6.45) is 2.09. The number of hydrogen-bond donors (Lipinski definition) is 0. The summed E-state index contributed by atoms with van der Waals surface area (Å²) in [7, 11) is 1.51. The second-order valence-corrected chi connectivity index (χ2v) is 8.11. The summed E-state index contributed by atoms with van der Waals surface area (Å²) >= 11 is 0.983. The molecule has 0 bridgehead atoms. The monoisotopic (exact) mass is 307 g/mol. The van der Waals surface area contributed by atoms with E-state index in [9.17, 15) is 13.2 Å². The Hall–Kier alpha value is -0.590. The molecular formula is C11H14ClNO3S2. The minimum Gasteiger partial charge on any atom is -0.338 e. The summed E-state index contributed by atoms with van der Waals surface area (Å²) in [5, 5.41) is 1.55. The van der Waals surface area contributed by atoms with Gasteiger partial charge in [0.1, 0.15) is 4.21 Å². The van der Waals surface area contributed by atoms with Crippen LogP contribution in [0.25, 0.3) is 0 Å². The van der Waals surface area contributed by atoms with Crippen LogP contribution in [0.5, 0.6) is 0 Å². The molecule has 7 heteroatoms. The summed E-state index contributed by atoms with van der Waals surface area (Å²) in [6, 6.07) is 1.36. The van der Waals surface area contributed by atoms with Gasteiger partial charge >= 0.3 is 0 Å². The first-order chi connectivity index (χ1) is 8.41. The molecule has 1 unspecified atom stereocenters. The van der Waals surface area contributed by atoms with Crippen LogP contribution in [-0.2, 0) is 9.05 Å². The maximum absolute atomic E-state index is 12.1. The topological polar surface area (TPSA) is 54.5 Å². The molecule has 0 saturated carbocycles. The van der Waals surface area contributed by atoms with Crippen molar-refractivity contribution < 1.29 is 13.2 Å². The van der Waals surface area contributed by atoms with E-state index in [-0.39, 0.29) is 10.1 Å². The fraction of sp³-hybridized carbons (Fsp3) is 0.545. The number of carbonyl (C=O) groups is 1. The van der Waals surface area contributed by atoms with Crippen molar-refractivity contribution in [2.24, 2.45) is 5.92 Å². The third-order valence-electron chi connectivity index (χ3n) is 3.21. The van der Waals surface area contributed by atoms with E-state index in [1.807, 2.05) is 0 Å². The quantitative estimate of drug-likeness (QED) is 0.806. The van der Waals surface area contributed by atoms with E-state index >= 15 is 0 Å². The second kappa shape index (κ2) is 5.19. The second-order valence-electron chi connectivity index (χ2n) is 4.41. The Kier molecular flexibility index (Phi) is 3.99. The minimum atomic E-state index is -3.73. The fourth-order valence-corrected chi connectivity index (χ4v) is 4.03. The van der Waals surface area contributed by atoms with E-state index in [1.54, 1.807) is 10.3 Å². The van der Waals surface area contributed by atoms with Crippen molar-refractivity contribution in [2.45, 2.75) is 24.0 Å². The zero-order valence-corrected chi connectivity index (χ0v) is 12.3. The van der Waals surface area contributed by atoms with Crippen molar-refractivity contribution >= 4 is 37.0 Å². The van der Waals surface area contributed by atoms with Crippen LogP contribution in [0.1, 0.15) is 30.1 Å². The predicted molar refractivity (Wildman–Crippen MR) is 71.7 cm³/mol. The summed E-state index contributed by atoms with van der Waals surface area (Å²) in [6.45, 7) is 3.62. The van der Waals surface area contributed by atoms with Crippen LogP contribution < -0.4 is 0 Å². The van der Waals surface area contributed by atoms with E-state index < -0.39 is 9.05 Å². The molecule has 1 aromatic heterocycles. The molecule has 100 valence electrons. The van der Waals surface area contributed by atoms with Gasteiger partial charge in [0, 0.05) is 29.2 Å². The lowest BCUT2D eigenvalue weighted by Gasteiger charge is -2.15. The predicted octanol–water partition coefficient (Wildman–Crippen LogP) is 2.55. The molecule has 0 aliphatic carbocycles. The number of thiophene rings is 1. The molecule has 2 rings (SSSR count). The van der Waals surface area contributed by atoms with E-state index in [4.69, 9.17) is 10.7 Å². The zero-order valence-electron chi connectivity index (χ0n) is 9.93. The zero-order chi connectivity index (χ0) is 13.3. The molecule has 1 atom stereocenters.